The highest BCUT2D eigenvalue weighted by molar-refractivity contribution is 6.31. The third-order valence-corrected chi connectivity index (χ3v) is 7.57. The molecule has 1 aromatic rings. The van der Waals surface area contributed by atoms with Crippen LogP contribution in [0.1, 0.15) is 52.1 Å². The van der Waals surface area contributed by atoms with Crippen LogP contribution in [0.4, 0.5) is 5.82 Å². The molecule has 2 aliphatic heterocycles. The monoisotopic (exact) mass is 492 g/mol. The summed E-state index contributed by atoms with van der Waals surface area (Å²) in [5.74, 6) is 2.37. The molecule has 0 bridgehead atoms. The van der Waals surface area contributed by atoms with E-state index < -0.39 is 0 Å². The topological polar surface area (TPSA) is 75.6 Å². The second-order valence-electron chi connectivity index (χ2n) is 9.07. The molecular formula is C25H34Cl2N4O2. The largest absolute Gasteiger partial charge is 0.375 e. The van der Waals surface area contributed by atoms with Gasteiger partial charge in [0.25, 0.3) is 0 Å². The van der Waals surface area contributed by atoms with Crippen LogP contribution in [0.25, 0.3) is 0 Å². The third-order valence-electron chi connectivity index (χ3n) is 6.80. The Balaban J connectivity index is 1.61. The summed E-state index contributed by atoms with van der Waals surface area (Å²) in [5.41, 5.74) is 1.71. The number of pyridine rings is 1. The van der Waals surface area contributed by atoms with E-state index in [4.69, 9.17) is 32.9 Å². The molecule has 1 fully saturated rings. The molecule has 1 saturated heterocycles. The number of halogens is 2. The Morgan fingerprint density at radius 1 is 1.36 bits per heavy atom. The predicted molar refractivity (Wildman–Crippen MR) is 136 cm³/mol. The quantitative estimate of drug-likeness (QED) is 0.351. The van der Waals surface area contributed by atoms with E-state index in [0.717, 1.165) is 49.5 Å². The Labute approximate surface area is 206 Å². The van der Waals surface area contributed by atoms with Gasteiger partial charge in [-0.1, -0.05) is 31.9 Å². The van der Waals surface area contributed by atoms with E-state index in [-0.39, 0.29) is 11.0 Å². The lowest BCUT2D eigenvalue weighted by atomic mass is 9.78. The summed E-state index contributed by atoms with van der Waals surface area (Å²) in [7, 11) is 0. The normalized spacial score (nSPS) is 26.1. The minimum atomic E-state index is -0.298. The van der Waals surface area contributed by atoms with Gasteiger partial charge in [0.05, 0.1) is 21.7 Å². The molecule has 1 aromatic heterocycles. The van der Waals surface area contributed by atoms with Crippen molar-refractivity contribution >= 4 is 41.3 Å². The number of aryl methyl sites for hydroxylation is 1. The summed E-state index contributed by atoms with van der Waals surface area (Å²) < 4.78 is 6.15. The Morgan fingerprint density at radius 2 is 2.18 bits per heavy atom. The van der Waals surface area contributed by atoms with Crippen LogP contribution in [-0.4, -0.2) is 41.4 Å². The van der Waals surface area contributed by atoms with Crippen molar-refractivity contribution < 1.29 is 9.53 Å². The van der Waals surface area contributed by atoms with E-state index in [1.54, 1.807) is 12.3 Å². The van der Waals surface area contributed by atoms with Gasteiger partial charge in [-0.2, -0.15) is 0 Å². The molecule has 4 atom stereocenters. The molecule has 1 amide bonds. The number of aliphatic imine (C=N–C) groups is 1. The molecule has 6 nitrogen and oxygen atoms in total. The molecule has 0 saturated carbocycles. The molecule has 0 aromatic carbocycles. The van der Waals surface area contributed by atoms with Crippen molar-refractivity contribution in [3.8, 4) is 0 Å². The summed E-state index contributed by atoms with van der Waals surface area (Å²) >= 11 is 12.9. The first-order valence-electron chi connectivity index (χ1n) is 11.7. The van der Waals surface area contributed by atoms with Crippen molar-refractivity contribution in [1.82, 2.24) is 10.3 Å². The maximum atomic E-state index is 10.8. The van der Waals surface area contributed by atoms with Gasteiger partial charge in [0.1, 0.15) is 11.7 Å². The highest BCUT2D eigenvalue weighted by Crippen LogP contribution is 2.36. The van der Waals surface area contributed by atoms with Crippen molar-refractivity contribution in [1.29, 1.82) is 0 Å². The van der Waals surface area contributed by atoms with Gasteiger partial charge in [-0.25, -0.2) is 9.98 Å². The first-order valence-corrected chi connectivity index (χ1v) is 12.5. The number of amidine groups is 1. The SMILES string of the molecule is CCC(C)C1(C)CC(CNc2ccc(Cl)c(CCC3=CC(NC=O)=NC=CC3Cl)n2)CCO1. The minimum absolute atomic E-state index is 0.0578. The van der Waals surface area contributed by atoms with E-state index in [1.807, 2.05) is 18.2 Å². The van der Waals surface area contributed by atoms with Crippen LogP contribution in [0.15, 0.2) is 41.1 Å². The van der Waals surface area contributed by atoms with Crippen molar-refractivity contribution in [2.75, 3.05) is 18.5 Å². The molecule has 180 valence electrons. The van der Waals surface area contributed by atoms with Gasteiger partial charge in [0.15, 0.2) is 0 Å². The van der Waals surface area contributed by atoms with Gasteiger partial charge < -0.3 is 15.4 Å². The summed E-state index contributed by atoms with van der Waals surface area (Å²) in [6.45, 7) is 8.41. The lowest BCUT2D eigenvalue weighted by Gasteiger charge is -2.42. The maximum absolute atomic E-state index is 10.8. The van der Waals surface area contributed by atoms with Crippen LogP contribution in [-0.2, 0) is 16.0 Å². The zero-order chi connectivity index (χ0) is 23.8. The average Bonchev–Trinajstić information content (AvgIpc) is 2.98. The van der Waals surface area contributed by atoms with Crippen LogP contribution in [0.3, 0.4) is 0 Å². The van der Waals surface area contributed by atoms with Gasteiger partial charge in [-0.15, -0.1) is 11.6 Å². The number of ether oxygens (including phenoxy) is 1. The highest BCUT2D eigenvalue weighted by atomic mass is 35.5. The molecule has 3 rings (SSSR count). The van der Waals surface area contributed by atoms with Crippen molar-refractivity contribution in [2.45, 2.75) is 63.9 Å². The van der Waals surface area contributed by atoms with Crippen LogP contribution in [0.2, 0.25) is 5.02 Å². The maximum Gasteiger partial charge on any atom is 0.212 e. The van der Waals surface area contributed by atoms with Gasteiger partial charge in [0, 0.05) is 19.4 Å². The molecule has 8 heteroatoms. The number of carbonyl (C=O) groups is 1. The first kappa shape index (κ1) is 25.7. The molecule has 3 heterocycles. The lowest BCUT2D eigenvalue weighted by molar-refractivity contribution is -0.115. The molecule has 0 spiro atoms. The van der Waals surface area contributed by atoms with Crippen LogP contribution < -0.4 is 10.6 Å². The Hall–Kier alpha value is -1.89. The zero-order valence-electron chi connectivity index (χ0n) is 19.6. The smallest absolute Gasteiger partial charge is 0.212 e. The van der Waals surface area contributed by atoms with E-state index in [0.29, 0.717) is 41.9 Å². The lowest BCUT2D eigenvalue weighted by Crippen LogP contribution is -2.43. The predicted octanol–water partition coefficient (Wildman–Crippen LogP) is 5.52. The number of rotatable bonds is 9. The number of nitrogens with zero attached hydrogens (tertiary/aromatic N) is 2. The van der Waals surface area contributed by atoms with E-state index in [2.05, 4.69) is 36.4 Å². The van der Waals surface area contributed by atoms with Crippen molar-refractivity contribution in [3.05, 3.63) is 46.8 Å². The van der Waals surface area contributed by atoms with Crippen LogP contribution in [0, 0.1) is 11.8 Å². The van der Waals surface area contributed by atoms with Crippen molar-refractivity contribution in [2.24, 2.45) is 16.8 Å². The fourth-order valence-corrected chi connectivity index (χ4v) is 4.81. The Kier molecular flexibility index (Phi) is 9.36. The number of allylic oxidation sites excluding steroid dienone is 2. The Bertz CT molecular complexity index is 918. The number of aromatic nitrogens is 1. The second kappa shape index (κ2) is 12.0. The summed E-state index contributed by atoms with van der Waals surface area (Å²) in [6, 6.07) is 3.82. The fourth-order valence-electron chi connectivity index (χ4n) is 4.38. The first-order chi connectivity index (χ1) is 15.8. The number of alkyl halides is 1. The number of amides is 1. The fraction of sp³-hybridized carbons (Fsp3) is 0.560. The van der Waals surface area contributed by atoms with Crippen LogP contribution >= 0.6 is 23.2 Å². The standard InChI is InChI=1S/C25H34Cl2N4O2/c1-4-17(2)25(3)14-18(10-12-33-25)15-29-23-8-6-21(27)22(31-23)7-5-19-13-24(30-16-32)28-11-9-20(19)26/h6,8-9,11,13,16-18,20H,4-5,7,10,12,14-15H2,1-3H3,(H,29,31)(H,28,30,32). The zero-order valence-corrected chi connectivity index (χ0v) is 21.1. The van der Waals surface area contributed by atoms with Crippen molar-refractivity contribution in [3.63, 3.8) is 0 Å². The number of hydrogen-bond donors (Lipinski definition) is 2. The molecule has 0 radical (unpaired) electrons. The third kappa shape index (κ3) is 7.05. The molecule has 33 heavy (non-hydrogen) atoms. The minimum Gasteiger partial charge on any atom is -0.375 e. The average molecular weight is 493 g/mol. The van der Waals surface area contributed by atoms with E-state index in [9.17, 15) is 4.79 Å². The number of nitrogens with one attached hydrogen (secondary N) is 2. The molecule has 4 unspecified atom stereocenters. The molecule has 2 N–H and O–H groups in total. The Morgan fingerprint density at radius 3 is 2.94 bits per heavy atom. The number of carbonyl (C=O) groups excluding carboxylic acids is 1. The number of hydrogen-bond acceptors (Lipinski definition) is 5. The van der Waals surface area contributed by atoms with Gasteiger partial charge in [-0.05, 0) is 74.3 Å². The molecule has 0 aliphatic carbocycles. The van der Waals surface area contributed by atoms with E-state index in [1.165, 1.54) is 0 Å². The number of anilines is 1. The van der Waals surface area contributed by atoms with Gasteiger partial charge in [0.2, 0.25) is 6.41 Å². The van der Waals surface area contributed by atoms with E-state index >= 15 is 0 Å². The summed E-state index contributed by atoms with van der Waals surface area (Å²) in [6.07, 6.45) is 10.3. The second-order valence-corrected chi connectivity index (χ2v) is 9.95. The highest BCUT2D eigenvalue weighted by Gasteiger charge is 2.37. The summed E-state index contributed by atoms with van der Waals surface area (Å²) in [5, 5.41) is 6.43. The van der Waals surface area contributed by atoms with Gasteiger partial charge >= 0.3 is 0 Å². The molecule has 2 aliphatic rings. The van der Waals surface area contributed by atoms with Crippen LogP contribution in [0.5, 0.6) is 0 Å². The summed E-state index contributed by atoms with van der Waals surface area (Å²) in [4.78, 5) is 19.7. The van der Waals surface area contributed by atoms with Gasteiger partial charge in [-0.3, -0.25) is 4.79 Å². The molecular weight excluding hydrogens is 459 g/mol.